The van der Waals surface area contributed by atoms with Gasteiger partial charge >= 0.3 is 5.69 Å². The molecule has 2 bridgehead atoms. The van der Waals surface area contributed by atoms with Crippen molar-refractivity contribution in [2.24, 2.45) is 5.92 Å². The molecule has 0 spiro atoms. The Hall–Kier alpha value is -1.73. The van der Waals surface area contributed by atoms with Gasteiger partial charge in [-0.05, 0) is 51.5 Å². The van der Waals surface area contributed by atoms with E-state index in [9.17, 15) is 9.59 Å². The van der Waals surface area contributed by atoms with Crippen LogP contribution in [-0.2, 0) is 16.1 Å². The first-order valence-electron chi connectivity index (χ1n) is 10.2. The molecule has 0 saturated carbocycles. The summed E-state index contributed by atoms with van der Waals surface area (Å²) < 4.78 is 7.02. The standard InChI is InChI=1S/C20H30N4O3/c1-14-9-15(2)23(20(26)21-14)13-19(25)24-11-16-3-4-18(24)12-22(10-16)17-5-7-27-8-6-17/h9,16-18H,3-8,10-13H2,1-2H3/t16-,18+/m0/s1. The van der Waals surface area contributed by atoms with Crippen LogP contribution in [0.15, 0.2) is 10.9 Å². The molecule has 1 aromatic heterocycles. The van der Waals surface area contributed by atoms with Crippen LogP contribution in [-0.4, -0.2) is 70.2 Å². The van der Waals surface area contributed by atoms with Crippen LogP contribution in [0.3, 0.4) is 0 Å². The van der Waals surface area contributed by atoms with Gasteiger partial charge in [0.15, 0.2) is 0 Å². The summed E-state index contributed by atoms with van der Waals surface area (Å²) in [6, 6.07) is 2.70. The van der Waals surface area contributed by atoms with E-state index in [0.717, 1.165) is 57.8 Å². The van der Waals surface area contributed by atoms with Crippen molar-refractivity contribution >= 4 is 5.91 Å². The summed E-state index contributed by atoms with van der Waals surface area (Å²) in [5.41, 5.74) is 1.16. The Bertz CT molecular complexity index is 756. The molecule has 148 valence electrons. The molecule has 4 saturated heterocycles. The van der Waals surface area contributed by atoms with E-state index in [0.29, 0.717) is 17.7 Å². The maximum absolute atomic E-state index is 13.1. The largest absolute Gasteiger partial charge is 0.381 e. The molecule has 4 fully saturated rings. The molecule has 5 heterocycles. The van der Waals surface area contributed by atoms with Crippen LogP contribution in [0.1, 0.15) is 37.1 Å². The molecular formula is C20H30N4O3. The number of nitrogens with zero attached hydrogens (tertiary/aromatic N) is 4. The van der Waals surface area contributed by atoms with Gasteiger partial charge in [-0.25, -0.2) is 4.79 Å². The third-order valence-electron chi connectivity index (χ3n) is 6.41. The molecule has 1 amide bonds. The zero-order chi connectivity index (χ0) is 19.0. The number of carbonyl (C=O) groups excluding carboxylic acids is 1. The summed E-state index contributed by atoms with van der Waals surface area (Å²) in [5, 5.41) is 0. The van der Waals surface area contributed by atoms with E-state index >= 15 is 0 Å². The molecule has 0 N–H and O–H groups in total. The molecule has 27 heavy (non-hydrogen) atoms. The number of piperidine rings is 1. The Morgan fingerprint density at radius 2 is 1.89 bits per heavy atom. The van der Waals surface area contributed by atoms with Gasteiger partial charge in [0, 0.05) is 56.3 Å². The summed E-state index contributed by atoms with van der Waals surface area (Å²) in [5.74, 6) is 0.582. The topological polar surface area (TPSA) is 67.7 Å². The first kappa shape index (κ1) is 18.6. The van der Waals surface area contributed by atoms with Crippen molar-refractivity contribution in [1.29, 1.82) is 0 Å². The molecule has 7 nitrogen and oxygen atoms in total. The Morgan fingerprint density at radius 1 is 1.11 bits per heavy atom. The number of aryl methyl sites for hydroxylation is 2. The zero-order valence-corrected chi connectivity index (χ0v) is 16.4. The Morgan fingerprint density at radius 3 is 2.63 bits per heavy atom. The van der Waals surface area contributed by atoms with Crippen LogP contribution in [0.2, 0.25) is 0 Å². The molecule has 4 aliphatic heterocycles. The van der Waals surface area contributed by atoms with Crippen molar-refractivity contribution in [3.05, 3.63) is 27.9 Å². The van der Waals surface area contributed by atoms with Crippen molar-refractivity contribution in [3.8, 4) is 0 Å². The summed E-state index contributed by atoms with van der Waals surface area (Å²) in [6.45, 7) is 8.31. The summed E-state index contributed by atoms with van der Waals surface area (Å²) in [6.07, 6.45) is 4.45. The van der Waals surface area contributed by atoms with Crippen LogP contribution >= 0.6 is 0 Å². The highest BCUT2D eigenvalue weighted by atomic mass is 16.5. The van der Waals surface area contributed by atoms with Gasteiger partial charge in [0.2, 0.25) is 5.91 Å². The fourth-order valence-corrected chi connectivity index (χ4v) is 4.97. The Kier molecular flexibility index (Phi) is 5.32. The lowest BCUT2D eigenvalue weighted by molar-refractivity contribution is -0.136. The highest BCUT2D eigenvalue weighted by Gasteiger charge is 2.39. The van der Waals surface area contributed by atoms with E-state index < -0.39 is 0 Å². The highest BCUT2D eigenvalue weighted by molar-refractivity contribution is 5.76. The summed E-state index contributed by atoms with van der Waals surface area (Å²) in [7, 11) is 0. The molecule has 0 aliphatic carbocycles. The molecule has 1 aromatic rings. The van der Waals surface area contributed by atoms with Crippen molar-refractivity contribution in [2.45, 2.75) is 58.2 Å². The van der Waals surface area contributed by atoms with Crippen LogP contribution in [0.25, 0.3) is 0 Å². The second kappa shape index (κ2) is 7.72. The predicted molar refractivity (Wildman–Crippen MR) is 102 cm³/mol. The number of amides is 1. The van der Waals surface area contributed by atoms with E-state index in [4.69, 9.17) is 4.74 Å². The van der Waals surface area contributed by atoms with Gasteiger partial charge < -0.3 is 9.64 Å². The van der Waals surface area contributed by atoms with Crippen molar-refractivity contribution < 1.29 is 9.53 Å². The maximum atomic E-state index is 13.1. The summed E-state index contributed by atoms with van der Waals surface area (Å²) >= 11 is 0. The van der Waals surface area contributed by atoms with Gasteiger partial charge in [0.25, 0.3) is 0 Å². The zero-order valence-electron chi connectivity index (χ0n) is 16.4. The van der Waals surface area contributed by atoms with E-state index in [2.05, 4.69) is 9.88 Å². The second-order valence-corrected chi connectivity index (χ2v) is 8.35. The number of carbonyl (C=O) groups is 1. The van der Waals surface area contributed by atoms with E-state index in [1.165, 1.54) is 11.0 Å². The third-order valence-corrected chi connectivity index (χ3v) is 6.41. The smallest absolute Gasteiger partial charge is 0.348 e. The Labute approximate surface area is 160 Å². The van der Waals surface area contributed by atoms with Crippen LogP contribution in [0.5, 0.6) is 0 Å². The lowest BCUT2D eigenvalue weighted by atomic mass is 9.95. The van der Waals surface area contributed by atoms with E-state index in [1.807, 2.05) is 17.9 Å². The molecule has 0 aromatic carbocycles. The molecule has 0 unspecified atom stereocenters. The molecule has 2 atom stereocenters. The predicted octanol–water partition coefficient (Wildman–Crippen LogP) is 0.962. The molecule has 0 radical (unpaired) electrons. The van der Waals surface area contributed by atoms with Gasteiger partial charge in [-0.1, -0.05) is 0 Å². The quantitative estimate of drug-likeness (QED) is 0.788. The van der Waals surface area contributed by atoms with Gasteiger partial charge in [-0.15, -0.1) is 0 Å². The average molecular weight is 374 g/mol. The van der Waals surface area contributed by atoms with Gasteiger partial charge in [-0.2, -0.15) is 4.98 Å². The lowest BCUT2D eigenvalue weighted by Crippen LogP contribution is -2.50. The minimum absolute atomic E-state index is 0.0504. The van der Waals surface area contributed by atoms with Crippen molar-refractivity contribution in [2.75, 3.05) is 32.8 Å². The number of hydrogen-bond donors (Lipinski definition) is 0. The second-order valence-electron chi connectivity index (χ2n) is 8.35. The minimum Gasteiger partial charge on any atom is -0.381 e. The fourth-order valence-electron chi connectivity index (χ4n) is 4.97. The normalized spacial score (nSPS) is 27.0. The average Bonchev–Trinajstić information content (AvgIpc) is 2.97. The first-order valence-corrected chi connectivity index (χ1v) is 10.2. The van der Waals surface area contributed by atoms with E-state index in [-0.39, 0.29) is 24.2 Å². The van der Waals surface area contributed by atoms with Gasteiger partial charge in [0.1, 0.15) is 6.54 Å². The third kappa shape index (κ3) is 3.94. The number of hydrogen-bond acceptors (Lipinski definition) is 5. The van der Waals surface area contributed by atoms with Crippen molar-refractivity contribution in [3.63, 3.8) is 0 Å². The van der Waals surface area contributed by atoms with Crippen LogP contribution in [0.4, 0.5) is 0 Å². The molecule has 4 aliphatic rings. The van der Waals surface area contributed by atoms with Gasteiger partial charge in [-0.3, -0.25) is 14.3 Å². The number of ether oxygens (including phenoxy) is 1. The maximum Gasteiger partial charge on any atom is 0.348 e. The molecule has 7 heteroatoms. The van der Waals surface area contributed by atoms with Gasteiger partial charge in [0.05, 0.1) is 0 Å². The van der Waals surface area contributed by atoms with Crippen LogP contribution < -0.4 is 5.69 Å². The highest BCUT2D eigenvalue weighted by Crippen LogP contribution is 2.31. The minimum atomic E-state index is -0.329. The number of fused-ring (bicyclic) bond motifs is 4. The molecule has 5 rings (SSSR count). The Balaban J connectivity index is 1.48. The lowest BCUT2D eigenvalue weighted by Gasteiger charge is -2.37. The number of rotatable bonds is 3. The summed E-state index contributed by atoms with van der Waals surface area (Å²) in [4.78, 5) is 33.9. The van der Waals surface area contributed by atoms with Crippen molar-refractivity contribution in [1.82, 2.24) is 19.4 Å². The first-order chi connectivity index (χ1) is 13.0. The fraction of sp³-hybridized carbons (Fsp3) is 0.750. The SMILES string of the molecule is Cc1cc(C)n(CC(=O)N2C[C@H]3CC[C@@H]2CN(C2CCOCC2)C3)c(=O)n1. The monoisotopic (exact) mass is 374 g/mol. The number of aromatic nitrogens is 2. The van der Waals surface area contributed by atoms with Crippen LogP contribution in [0, 0.1) is 19.8 Å². The molecular weight excluding hydrogens is 344 g/mol. The van der Waals surface area contributed by atoms with E-state index in [1.54, 1.807) is 6.92 Å².